The van der Waals surface area contributed by atoms with E-state index in [1.54, 1.807) is 0 Å². The van der Waals surface area contributed by atoms with E-state index in [1.165, 1.54) is 25.0 Å². The summed E-state index contributed by atoms with van der Waals surface area (Å²) in [5.74, 6) is -0.629. The average molecular weight is 324 g/mol. The van der Waals surface area contributed by atoms with Crippen molar-refractivity contribution >= 4 is 5.96 Å². The lowest BCUT2D eigenvalue weighted by Gasteiger charge is -2.20. The van der Waals surface area contributed by atoms with Crippen LogP contribution in [-0.2, 0) is 6.42 Å². The Labute approximate surface area is 136 Å². The van der Waals surface area contributed by atoms with Crippen LogP contribution in [-0.4, -0.2) is 43.1 Å². The quantitative estimate of drug-likeness (QED) is 0.460. The molecule has 2 rings (SSSR count). The first-order valence-corrected chi connectivity index (χ1v) is 8.31. The molecule has 0 amide bonds. The van der Waals surface area contributed by atoms with Crippen molar-refractivity contribution in [2.45, 2.75) is 38.6 Å². The number of benzene rings is 1. The van der Waals surface area contributed by atoms with Gasteiger partial charge in [-0.15, -0.1) is 0 Å². The molecule has 1 fully saturated rings. The smallest absolute Gasteiger partial charge is 0.188 e. The monoisotopic (exact) mass is 324 g/mol. The van der Waals surface area contributed by atoms with Crippen LogP contribution in [0.1, 0.15) is 31.7 Å². The highest BCUT2D eigenvalue weighted by molar-refractivity contribution is 5.77. The Balaban J connectivity index is 1.68. The molecule has 6 heteroatoms. The summed E-state index contributed by atoms with van der Waals surface area (Å²) in [4.78, 5) is 6.82. The zero-order chi connectivity index (χ0) is 16.7. The summed E-state index contributed by atoms with van der Waals surface area (Å²) in [6.07, 6.45) is 3.74. The van der Waals surface area contributed by atoms with Gasteiger partial charge >= 0.3 is 0 Å². The summed E-state index contributed by atoms with van der Waals surface area (Å²) in [6.45, 7) is 5.72. The summed E-state index contributed by atoms with van der Waals surface area (Å²) in [7, 11) is 0. The number of hydrogen-bond acceptors (Lipinski definition) is 2. The minimum Gasteiger partial charge on any atom is -0.370 e. The zero-order valence-electron chi connectivity index (χ0n) is 13.7. The van der Waals surface area contributed by atoms with Crippen LogP contribution < -0.4 is 11.1 Å². The molecule has 1 unspecified atom stereocenters. The van der Waals surface area contributed by atoms with Gasteiger partial charge in [0, 0.05) is 18.7 Å². The number of rotatable bonds is 7. The molecule has 0 aromatic heterocycles. The second kappa shape index (κ2) is 8.82. The third-order valence-corrected chi connectivity index (χ3v) is 4.25. The summed E-state index contributed by atoms with van der Waals surface area (Å²) in [5.41, 5.74) is 6.52. The number of aliphatic imine (C=N–C) groups is 1. The number of halogens is 2. The van der Waals surface area contributed by atoms with Crippen LogP contribution in [0.3, 0.4) is 0 Å². The van der Waals surface area contributed by atoms with E-state index in [0.717, 1.165) is 32.1 Å². The molecular formula is C17H26F2N4. The lowest BCUT2D eigenvalue weighted by molar-refractivity contribution is 0.273. The highest BCUT2D eigenvalue weighted by atomic mass is 19.1. The predicted molar refractivity (Wildman–Crippen MR) is 89.4 cm³/mol. The predicted octanol–water partition coefficient (Wildman–Crippen LogP) is 2.29. The van der Waals surface area contributed by atoms with E-state index < -0.39 is 11.6 Å². The Hall–Kier alpha value is -1.69. The lowest BCUT2D eigenvalue weighted by atomic mass is 10.1. The van der Waals surface area contributed by atoms with E-state index in [1.807, 2.05) is 0 Å². The van der Waals surface area contributed by atoms with Gasteiger partial charge in [-0.2, -0.15) is 0 Å². The molecule has 0 saturated carbocycles. The molecule has 0 bridgehead atoms. The largest absolute Gasteiger partial charge is 0.370 e. The first kappa shape index (κ1) is 17.7. The number of nitrogens with one attached hydrogen (secondary N) is 1. The SMILES string of the molecule is CCN1CCCC1CN=C(N)NCCCc1cc(F)cc(F)c1. The Kier molecular flexibility index (Phi) is 6.77. The third-order valence-electron chi connectivity index (χ3n) is 4.25. The molecule has 4 nitrogen and oxygen atoms in total. The molecule has 128 valence electrons. The maximum atomic E-state index is 13.1. The molecule has 0 spiro atoms. The van der Waals surface area contributed by atoms with Gasteiger partial charge in [-0.05, 0) is 56.5 Å². The van der Waals surface area contributed by atoms with Crippen molar-refractivity contribution in [3.05, 3.63) is 35.4 Å². The molecule has 1 aromatic carbocycles. The standard InChI is InChI=1S/C17H26F2N4/c1-2-23-8-4-6-16(23)12-22-17(20)21-7-3-5-13-9-14(18)11-15(19)10-13/h9-11,16H,2-8,12H2,1H3,(H3,20,21,22). The third kappa shape index (κ3) is 5.78. The molecule has 1 heterocycles. The Morgan fingerprint density at radius 3 is 2.78 bits per heavy atom. The van der Waals surface area contributed by atoms with Crippen LogP contribution in [0.25, 0.3) is 0 Å². The van der Waals surface area contributed by atoms with Crippen molar-refractivity contribution in [1.82, 2.24) is 10.2 Å². The summed E-state index contributed by atoms with van der Waals surface area (Å²) >= 11 is 0. The summed E-state index contributed by atoms with van der Waals surface area (Å²) in [5, 5.41) is 3.06. The van der Waals surface area contributed by atoms with Crippen molar-refractivity contribution in [2.75, 3.05) is 26.2 Å². The van der Waals surface area contributed by atoms with Gasteiger partial charge in [0.2, 0.25) is 0 Å². The molecule has 1 aromatic rings. The van der Waals surface area contributed by atoms with Crippen LogP contribution in [0.15, 0.2) is 23.2 Å². The number of nitrogens with zero attached hydrogens (tertiary/aromatic N) is 2. The topological polar surface area (TPSA) is 53.6 Å². The van der Waals surface area contributed by atoms with Gasteiger partial charge in [-0.1, -0.05) is 6.92 Å². The minimum atomic E-state index is -0.536. The highest BCUT2D eigenvalue weighted by Crippen LogP contribution is 2.16. The molecule has 1 aliphatic heterocycles. The average Bonchev–Trinajstić information content (AvgIpc) is 2.96. The van der Waals surface area contributed by atoms with E-state index in [-0.39, 0.29) is 0 Å². The van der Waals surface area contributed by atoms with Gasteiger partial charge in [0.05, 0.1) is 6.54 Å². The zero-order valence-corrected chi connectivity index (χ0v) is 13.7. The van der Waals surface area contributed by atoms with Crippen molar-refractivity contribution in [3.8, 4) is 0 Å². The number of hydrogen-bond donors (Lipinski definition) is 2. The summed E-state index contributed by atoms with van der Waals surface area (Å²) < 4.78 is 26.2. The number of aryl methyl sites for hydroxylation is 1. The van der Waals surface area contributed by atoms with Crippen molar-refractivity contribution in [3.63, 3.8) is 0 Å². The molecule has 1 atom stereocenters. The number of likely N-dealkylation sites (N-methyl/N-ethyl adjacent to an activating group) is 1. The number of likely N-dealkylation sites (tertiary alicyclic amines) is 1. The van der Waals surface area contributed by atoms with E-state index in [2.05, 4.69) is 22.1 Å². The van der Waals surface area contributed by atoms with Gasteiger partial charge in [0.15, 0.2) is 5.96 Å². The van der Waals surface area contributed by atoms with Crippen LogP contribution in [0.2, 0.25) is 0 Å². The van der Waals surface area contributed by atoms with Crippen molar-refractivity contribution in [1.29, 1.82) is 0 Å². The summed E-state index contributed by atoms with van der Waals surface area (Å²) in [6, 6.07) is 4.10. The normalized spacial score (nSPS) is 19.3. The fourth-order valence-electron chi connectivity index (χ4n) is 3.04. The first-order chi connectivity index (χ1) is 11.1. The first-order valence-electron chi connectivity index (χ1n) is 8.31. The molecule has 0 radical (unpaired) electrons. The fourth-order valence-corrected chi connectivity index (χ4v) is 3.04. The second-order valence-corrected chi connectivity index (χ2v) is 5.96. The van der Waals surface area contributed by atoms with Crippen molar-refractivity contribution < 1.29 is 8.78 Å². The minimum absolute atomic E-state index is 0.443. The van der Waals surface area contributed by atoms with E-state index in [0.29, 0.717) is 30.5 Å². The van der Waals surface area contributed by atoms with Gasteiger partial charge in [-0.25, -0.2) is 8.78 Å². The number of nitrogens with two attached hydrogens (primary N) is 1. The molecular weight excluding hydrogens is 298 g/mol. The molecule has 0 aliphatic carbocycles. The maximum Gasteiger partial charge on any atom is 0.188 e. The maximum absolute atomic E-state index is 13.1. The van der Waals surface area contributed by atoms with Crippen LogP contribution in [0, 0.1) is 11.6 Å². The molecule has 1 saturated heterocycles. The molecule has 23 heavy (non-hydrogen) atoms. The van der Waals surface area contributed by atoms with Gasteiger partial charge in [0.1, 0.15) is 11.6 Å². The molecule has 1 aliphatic rings. The Morgan fingerprint density at radius 1 is 1.35 bits per heavy atom. The Bertz CT molecular complexity index is 513. The fraction of sp³-hybridized carbons (Fsp3) is 0.588. The Morgan fingerprint density at radius 2 is 2.09 bits per heavy atom. The molecule has 3 N–H and O–H groups in total. The highest BCUT2D eigenvalue weighted by Gasteiger charge is 2.22. The van der Waals surface area contributed by atoms with Crippen LogP contribution in [0.5, 0.6) is 0 Å². The van der Waals surface area contributed by atoms with E-state index in [9.17, 15) is 8.78 Å². The van der Waals surface area contributed by atoms with E-state index in [4.69, 9.17) is 5.73 Å². The van der Waals surface area contributed by atoms with Crippen LogP contribution in [0.4, 0.5) is 8.78 Å². The second-order valence-electron chi connectivity index (χ2n) is 5.96. The van der Waals surface area contributed by atoms with Gasteiger partial charge in [-0.3, -0.25) is 9.89 Å². The number of guanidine groups is 1. The van der Waals surface area contributed by atoms with Gasteiger partial charge < -0.3 is 11.1 Å². The van der Waals surface area contributed by atoms with Gasteiger partial charge in [0.25, 0.3) is 0 Å². The van der Waals surface area contributed by atoms with Crippen LogP contribution >= 0.6 is 0 Å². The van der Waals surface area contributed by atoms with Crippen molar-refractivity contribution in [2.24, 2.45) is 10.7 Å². The lowest BCUT2D eigenvalue weighted by Crippen LogP contribution is -2.36. The van der Waals surface area contributed by atoms with E-state index >= 15 is 0 Å².